The summed E-state index contributed by atoms with van der Waals surface area (Å²) in [7, 11) is 0. The van der Waals surface area contributed by atoms with Crippen LogP contribution in [0.4, 0.5) is 4.39 Å². The summed E-state index contributed by atoms with van der Waals surface area (Å²) in [6.07, 6.45) is -0.258. The Bertz CT molecular complexity index is 105. The van der Waals surface area contributed by atoms with E-state index in [4.69, 9.17) is 5.11 Å². The predicted octanol–water partition coefficient (Wildman–Crippen LogP) is 0.0688. The fraction of sp³-hybridized carbons (Fsp3) is 1.00. The van der Waals surface area contributed by atoms with Gasteiger partial charge in [0.1, 0.15) is 5.67 Å². The molecule has 0 aromatic carbocycles. The van der Waals surface area contributed by atoms with E-state index in [1.807, 2.05) is 0 Å². The summed E-state index contributed by atoms with van der Waals surface area (Å²) >= 11 is 0. The summed E-state index contributed by atoms with van der Waals surface area (Å²) in [4.78, 5) is 0. The van der Waals surface area contributed by atoms with Crippen molar-refractivity contribution >= 4 is 0 Å². The molecule has 1 saturated heterocycles. The molecule has 0 radical (unpaired) electrons. The van der Waals surface area contributed by atoms with Gasteiger partial charge in [0, 0.05) is 6.54 Å². The first-order chi connectivity index (χ1) is 4.13. The quantitative estimate of drug-likeness (QED) is 0.490. The highest BCUT2D eigenvalue weighted by Crippen LogP contribution is 2.19. The summed E-state index contributed by atoms with van der Waals surface area (Å²) in [5.41, 5.74) is -1.42. The summed E-state index contributed by atoms with van der Waals surface area (Å²) in [5.74, 6) is 0. The number of aliphatic hydroxyl groups excluding tert-OH is 1. The molecule has 0 aromatic heterocycles. The first-order valence-corrected chi connectivity index (χ1v) is 3.20. The molecule has 2 N–H and O–H groups in total. The zero-order valence-corrected chi connectivity index (χ0v) is 5.52. The van der Waals surface area contributed by atoms with Crippen molar-refractivity contribution in [3.8, 4) is 0 Å². The number of hydrogen-bond acceptors (Lipinski definition) is 2. The Hall–Kier alpha value is -0.150. The minimum atomic E-state index is -1.42. The molecule has 0 aliphatic carbocycles. The predicted molar refractivity (Wildman–Crippen MR) is 33.0 cm³/mol. The third-order valence-corrected chi connectivity index (χ3v) is 1.76. The molecule has 2 atom stereocenters. The second-order valence-electron chi connectivity index (χ2n) is 2.76. The Morgan fingerprint density at radius 1 is 1.78 bits per heavy atom. The topological polar surface area (TPSA) is 32.3 Å². The van der Waals surface area contributed by atoms with Crippen LogP contribution in [0, 0.1) is 0 Å². The molecular formula is C6H12FNO. The van der Waals surface area contributed by atoms with Gasteiger partial charge >= 0.3 is 0 Å². The van der Waals surface area contributed by atoms with E-state index in [2.05, 4.69) is 5.32 Å². The zero-order chi connectivity index (χ0) is 6.91. The molecule has 3 heteroatoms. The molecule has 0 bridgehead atoms. The Labute approximate surface area is 54.1 Å². The largest absolute Gasteiger partial charge is 0.390 e. The summed E-state index contributed by atoms with van der Waals surface area (Å²) in [5, 5.41) is 11.9. The lowest BCUT2D eigenvalue weighted by Crippen LogP contribution is -2.50. The van der Waals surface area contributed by atoms with Crippen molar-refractivity contribution in [2.45, 2.75) is 25.1 Å². The maximum Gasteiger partial charge on any atom is 0.146 e. The molecule has 1 fully saturated rings. The van der Waals surface area contributed by atoms with Crippen molar-refractivity contribution in [2.75, 3.05) is 13.1 Å². The highest BCUT2D eigenvalue weighted by atomic mass is 19.1. The van der Waals surface area contributed by atoms with Crippen molar-refractivity contribution in [1.82, 2.24) is 5.32 Å². The van der Waals surface area contributed by atoms with E-state index in [-0.39, 0.29) is 6.54 Å². The van der Waals surface area contributed by atoms with Gasteiger partial charge in [0.25, 0.3) is 0 Å². The molecule has 0 aromatic rings. The van der Waals surface area contributed by atoms with Crippen LogP contribution in [0.2, 0.25) is 0 Å². The average Bonchev–Trinajstić information content (AvgIpc) is 1.77. The lowest BCUT2D eigenvalue weighted by Gasteiger charge is -2.31. The van der Waals surface area contributed by atoms with Crippen LogP contribution in [0.5, 0.6) is 0 Å². The van der Waals surface area contributed by atoms with E-state index in [1.165, 1.54) is 6.92 Å². The van der Waals surface area contributed by atoms with Gasteiger partial charge in [-0.3, -0.25) is 0 Å². The molecule has 0 spiro atoms. The maximum absolute atomic E-state index is 13.0. The van der Waals surface area contributed by atoms with Crippen molar-refractivity contribution in [3.05, 3.63) is 0 Å². The first kappa shape index (κ1) is 6.96. The third kappa shape index (κ3) is 1.40. The first-order valence-electron chi connectivity index (χ1n) is 3.20. The minimum absolute atomic E-state index is 0.272. The number of nitrogens with one attached hydrogen (secondary N) is 1. The van der Waals surface area contributed by atoms with E-state index in [1.54, 1.807) is 0 Å². The van der Waals surface area contributed by atoms with Crippen LogP contribution in [0.15, 0.2) is 0 Å². The number of hydrogen-bond donors (Lipinski definition) is 2. The highest BCUT2D eigenvalue weighted by Gasteiger charge is 2.34. The van der Waals surface area contributed by atoms with Gasteiger partial charge in [-0.05, 0) is 19.9 Å². The third-order valence-electron chi connectivity index (χ3n) is 1.76. The molecule has 1 aliphatic heterocycles. The molecular weight excluding hydrogens is 121 g/mol. The van der Waals surface area contributed by atoms with Crippen LogP contribution < -0.4 is 5.32 Å². The van der Waals surface area contributed by atoms with Crippen LogP contribution in [0.3, 0.4) is 0 Å². The normalized spacial score (nSPS) is 45.0. The molecule has 54 valence electrons. The van der Waals surface area contributed by atoms with Crippen molar-refractivity contribution in [2.24, 2.45) is 0 Å². The monoisotopic (exact) mass is 133 g/mol. The van der Waals surface area contributed by atoms with Gasteiger partial charge in [-0.15, -0.1) is 0 Å². The molecule has 0 saturated carbocycles. The van der Waals surface area contributed by atoms with Crippen LogP contribution in [-0.2, 0) is 0 Å². The number of piperidine rings is 1. The molecule has 1 unspecified atom stereocenters. The van der Waals surface area contributed by atoms with Gasteiger partial charge in [-0.2, -0.15) is 0 Å². The number of halogens is 1. The molecule has 1 aliphatic rings. The lowest BCUT2D eigenvalue weighted by atomic mass is 9.95. The van der Waals surface area contributed by atoms with Gasteiger partial charge < -0.3 is 10.4 Å². The van der Waals surface area contributed by atoms with E-state index in [9.17, 15) is 4.39 Å². The summed E-state index contributed by atoms with van der Waals surface area (Å²) in [6.45, 7) is 2.42. The van der Waals surface area contributed by atoms with Crippen LogP contribution >= 0.6 is 0 Å². The summed E-state index contributed by atoms with van der Waals surface area (Å²) < 4.78 is 13.0. The fourth-order valence-electron chi connectivity index (χ4n) is 0.990. The van der Waals surface area contributed by atoms with Gasteiger partial charge in [-0.1, -0.05) is 0 Å². The van der Waals surface area contributed by atoms with Gasteiger partial charge in [0.2, 0.25) is 0 Å². The fourth-order valence-corrected chi connectivity index (χ4v) is 0.990. The number of alkyl halides is 1. The number of rotatable bonds is 0. The number of aliphatic hydroxyl groups is 1. The van der Waals surface area contributed by atoms with Crippen LogP contribution in [0.1, 0.15) is 13.3 Å². The second-order valence-corrected chi connectivity index (χ2v) is 2.76. The van der Waals surface area contributed by atoms with Crippen LogP contribution in [-0.4, -0.2) is 30.0 Å². The Morgan fingerprint density at radius 2 is 2.44 bits per heavy atom. The Balaban J connectivity index is 2.49. The van der Waals surface area contributed by atoms with Crippen molar-refractivity contribution in [3.63, 3.8) is 0 Å². The van der Waals surface area contributed by atoms with E-state index >= 15 is 0 Å². The van der Waals surface area contributed by atoms with Gasteiger partial charge in [0.15, 0.2) is 0 Å². The van der Waals surface area contributed by atoms with E-state index < -0.39 is 11.8 Å². The molecule has 1 heterocycles. The second kappa shape index (κ2) is 2.23. The minimum Gasteiger partial charge on any atom is -0.390 e. The van der Waals surface area contributed by atoms with Gasteiger partial charge in [0.05, 0.1) is 6.10 Å². The standard InChI is InChI=1S/C6H12FNO/c1-6(7)4-8-3-2-5(6)9/h5,8-9H,2-4H2,1H3/t5?,6-/m0/s1. The van der Waals surface area contributed by atoms with Crippen molar-refractivity contribution < 1.29 is 9.50 Å². The van der Waals surface area contributed by atoms with E-state index in [0.29, 0.717) is 6.42 Å². The SMILES string of the molecule is C[C@]1(F)CNCCC1O. The highest BCUT2D eigenvalue weighted by molar-refractivity contribution is 4.88. The molecule has 1 rings (SSSR count). The van der Waals surface area contributed by atoms with Gasteiger partial charge in [-0.25, -0.2) is 4.39 Å². The Morgan fingerprint density at radius 3 is 2.78 bits per heavy atom. The maximum atomic E-state index is 13.0. The lowest BCUT2D eigenvalue weighted by molar-refractivity contribution is -0.0166. The van der Waals surface area contributed by atoms with Crippen LogP contribution in [0.25, 0.3) is 0 Å². The molecule has 9 heavy (non-hydrogen) atoms. The van der Waals surface area contributed by atoms with E-state index in [0.717, 1.165) is 6.54 Å². The summed E-state index contributed by atoms with van der Waals surface area (Å²) in [6, 6.07) is 0. The molecule has 0 amide bonds. The molecule has 2 nitrogen and oxygen atoms in total. The average molecular weight is 133 g/mol. The Kier molecular flexibility index (Phi) is 1.73. The van der Waals surface area contributed by atoms with Crippen molar-refractivity contribution in [1.29, 1.82) is 0 Å². The zero-order valence-electron chi connectivity index (χ0n) is 5.52. The smallest absolute Gasteiger partial charge is 0.146 e.